The molecule has 6 heteroatoms. The monoisotopic (exact) mass is 371 g/mol. The van der Waals surface area contributed by atoms with E-state index >= 15 is 0 Å². The molecule has 3 rings (SSSR count). The molecule has 1 unspecified atom stereocenters. The maximum Gasteiger partial charge on any atom is 0.336 e. The molecule has 1 amide bonds. The first-order valence-electron chi connectivity index (χ1n) is 8.26. The average molecular weight is 372 g/mol. The molecule has 0 aliphatic carbocycles. The van der Waals surface area contributed by atoms with E-state index in [0.29, 0.717) is 16.4 Å². The maximum atomic E-state index is 12.2. The number of hydrogen-bond donors (Lipinski definition) is 1. The number of halogens is 1. The lowest BCUT2D eigenvalue weighted by Crippen LogP contribution is -2.32. The molecule has 0 spiro atoms. The molecule has 0 aliphatic rings. The molecular formula is C20H18ClNO4. The number of rotatable bonds is 6. The van der Waals surface area contributed by atoms with Gasteiger partial charge < -0.3 is 14.5 Å². The molecule has 0 saturated carbocycles. The molecule has 0 saturated heterocycles. The number of ether oxygens (including phenoxy) is 1. The van der Waals surface area contributed by atoms with Gasteiger partial charge in [0, 0.05) is 22.5 Å². The van der Waals surface area contributed by atoms with Crippen molar-refractivity contribution in [2.75, 3.05) is 6.61 Å². The molecule has 0 radical (unpaired) electrons. The van der Waals surface area contributed by atoms with Crippen LogP contribution in [0, 0.1) is 0 Å². The van der Waals surface area contributed by atoms with Gasteiger partial charge in [0.1, 0.15) is 11.3 Å². The Morgan fingerprint density at radius 3 is 2.77 bits per heavy atom. The van der Waals surface area contributed by atoms with Gasteiger partial charge in [-0.15, -0.1) is 0 Å². The normalized spacial score (nSPS) is 11.9. The van der Waals surface area contributed by atoms with Gasteiger partial charge >= 0.3 is 5.63 Å². The number of hydrogen-bond acceptors (Lipinski definition) is 4. The zero-order chi connectivity index (χ0) is 18.5. The summed E-state index contributed by atoms with van der Waals surface area (Å²) in [5.41, 5.74) is 0.932. The minimum Gasteiger partial charge on any atom is -0.484 e. The van der Waals surface area contributed by atoms with Crippen LogP contribution in [0.1, 0.15) is 24.9 Å². The van der Waals surface area contributed by atoms with Crippen LogP contribution in [0.25, 0.3) is 11.0 Å². The molecule has 1 N–H and O–H groups in total. The zero-order valence-corrected chi connectivity index (χ0v) is 15.0. The van der Waals surface area contributed by atoms with Crippen LogP contribution in [0.3, 0.4) is 0 Å². The summed E-state index contributed by atoms with van der Waals surface area (Å²) >= 11 is 6.01. The number of amides is 1. The standard InChI is InChI=1S/C20H18ClNO4/c1-2-17(14-4-3-5-15(21)10-14)22-19(23)12-25-16-8-6-13-7-9-20(24)26-18(13)11-16/h3-11,17H,2,12H2,1H3,(H,22,23). The minimum absolute atomic E-state index is 0.139. The number of fused-ring (bicyclic) bond motifs is 1. The van der Waals surface area contributed by atoms with Crippen molar-refractivity contribution < 1.29 is 13.9 Å². The molecular weight excluding hydrogens is 354 g/mol. The van der Waals surface area contributed by atoms with E-state index in [1.54, 1.807) is 30.3 Å². The van der Waals surface area contributed by atoms with Gasteiger partial charge in [0.2, 0.25) is 0 Å². The van der Waals surface area contributed by atoms with E-state index in [2.05, 4.69) is 5.32 Å². The fourth-order valence-corrected chi connectivity index (χ4v) is 2.86. The smallest absolute Gasteiger partial charge is 0.336 e. The topological polar surface area (TPSA) is 68.5 Å². The second-order valence-electron chi connectivity index (χ2n) is 5.83. The molecule has 2 aromatic carbocycles. The summed E-state index contributed by atoms with van der Waals surface area (Å²) in [6.07, 6.45) is 0.729. The van der Waals surface area contributed by atoms with Crippen LogP contribution in [-0.2, 0) is 4.79 Å². The molecule has 0 fully saturated rings. The Morgan fingerprint density at radius 2 is 2.00 bits per heavy atom. The van der Waals surface area contributed by atoms with E-state index in [0.717, 1.165) is 17.4 Å². The molecule has 1 atom stereocenters. The molecule has 26 heavy (non-hydrogen) atoms. The molecule has 0 bridgehead atoms. The van der Waals surface area contributed by atoms with E-state index in [-0.39, 0.29) is 18.6 Å². The molecule has 134 valence electrons. The summed E-state index contributed by atoms with van der Waals surface area (Å²) in [7, 11) is 0. The first-order valence-corrected chi connectivity index (χ1v) is 8.64. The largest absolute Gasteiger partial charge is 0.484 e. The lowest BCUT2D eigenvalue weighted by atomic mass is 10.0. The highest BCUT2D eigenvalue weighted by atomic mass is 35.5. The Morgan fingerprint density at radius 1 is 1.19 bits per heavy atom. The van der Waals surface area contributed by atoms with E-state index in [4.69, 9.17) is 20.8 Å². The number of carbonyl (C=O) groups excluding carboxylic acids is 1. The summed E-state index contributed by atoms with van der Waals surface area (Å²) in [5.74, 6) is 0.212. The fraction of sp³-hybridized carbons (Fsp3) is 0.200. The molecule has 0 aliphatic heterocycles. The van der Waals surface area contributed by atoms with E-state index in [1.807, 2.05) is 25.1 Å². The Kier molecular flexibility index (Phi) is 5.58. The number of carbonyl (C=O) groups is 1. The Labute approximate surface area is 155 Å². The number of nitrogens with one attached hydrogen (secondary N) is 1. The third-order valence-electron chi connectivity index (χ3n) is 3.96. The van der Waals surface area contributed by atoms with Crippen LogP contribution >= 0.6 is 11.6 Å². The highest BCUT2D eigenvalue weighted by molar-refractivity contribution is 6.30. The van der Waals surface area contributed by atoms with Crippen LogP contribution in [0.2, 0.25) is 5.02 Å². The number of benzene rings is 2. The van der Waals surface area contributed by atoms with Gasteiger partial charge in [-0.1, -0.05) is 30.7 Å². The van der Waals surface area contributed by atoms with E-state index < -0.39 is 5.63 Å². The van der Waals surface area contributed by atoms with Crippen molar-refractivity contribution in [3.05, 3.63) is 75.6 Å². The molecule has 5 nitrogen and oxygen atoms in total. The zero-order valence-electron chi connectivity index (χ0n) is 14.2. The highest BCUT2D eigenvalue weighted by Crippen LogP contribution is 2.21. The minimum atomic E-state index is -0.431. The van der Waals surface area contributed by atoms with Gasteiger partial charge in [0.05, 0.1) is 6.04 Å². The van der Waals surface area contributed by atoms with E-state index in [1.165, 1.54) is 6.07 Å². The first kappa shape index (κ1) is 18.0. The van der Waals surface area contributed by atoms with Crippen LogP contribution in [-0.4, -0.2) is 12.5 Å². The van der Waals surface area contributed by atoms with Crippen molar-refractivity contribution >= 4 is 28.5 Å². The summed E-state index contributed by atoms with van der Waals surface area (Å²) in [4.78, 5) is 23.5. The predicted molar refractivity (Wildman–Crippen MR) is 101 cm³/mol. The fourth-order valence-electron chi connectivity index (χ4n) is 2.66. The van der Waals surface area contributed by atoms with Gasteiger partial charge in [-0.3, -0.25) is 4.79 Å². The van der Waals surface area contributed by atoms with Crippen LogP contribution in [0.4, 0.5) is 0 Å². The highest BCUT2D eigenvalue weighted by Gasteiger charge is 2.13. The molecule has 3 aromatic rings. The Hall–Kier alpha value is -2.79. The Balaban J connectivity index is 1.63. The van der Waals surface area contributed by atoms with E-state index in [9.17, 15) is 9.59 Å². The Bertz CT molecular complexity index is 983. The third kappa shape index (κ3) is 4.43. The van der Waals surface area contributed by atoms with Crippen molar-refractivity contribution in [2.24, 2.45) is 0 Å². The van der Waals surface area contributed by atoms with Gasteiger partial charge in [-0.2, -0.15) is 0 Å². The second-order valence-corrected chi connectivity index (χ2v) is 6.26. The summed E-state index contributed by atoms with van der Waals surface area (Å²) in [5, 5.41) is 4.35. The average Bonchev–Trinajstić information content (AvgIpc) is 2.64. The second kappa shape index (κ2) is 8.06. The van der Waals surface area contributed by atoms with Crippen molar-refractivity contribution in [3.8, 4) is 5.75 Å². The van der Waals surface area contributed by atoms with Gasteiger partial charge in [-0.05, 0) is 42.3 Å². The lowest BCUT2D eigenvalue weighted by molar-refractivity contribution is -0.123. The molecule has 1 heterocycles. The third-order valence-corrected chi connectivity index (χ3v) is 4.19. The summed E-state index contributed by atoms with van der Waals surface area (Å²) in [6, 6.07) is 15.4. The van der Waals surface area contributed by atoms with Crippen molar-refractivity contribution in [2.45, 2.75) is 19.4 Å². The van der Waals surface area contributed by atoms with Gasteiger partial charge in [0.15, 0.2) is 6.61 Å². The summed E-state index contributed by atoms with van der Waals surface area (Å²) in [6.45, 7) is 1.84. The van der Waals surface area contributed by atoms with Crippen LogP contribution < -0.4 is 15.7 Å². The first-order chi connectivity index (χ1) is 12.5. The van der Waals surface area contributed by atoms with Crippen molar-refractivity contribution in [1.82, 2.24) is 5.32 Å². The van der Waals surface area contributed by atoms with Crippen molar-refractivity contribution in [1.29, 1.82) is 0 Å². The lowest BCUT2D eigenvalue weighted by Gasteiger charge is -2.18. The van der Waals surface area contributed by atoms with Gasteiger partial charge in [0.25, 0.3) is 5.91 Å². The quantitative estimate of drug-likeness (QED) is 0.662. The van der Waals surface area contributed by atoms with Crippen molar-refractivity contribution in [3.63, 3.8) is 0 Å². The van der Waals surface area contributed by atoms with Gasteiger partial charge in [-0.25, -0.2) is 4.79 Å². The molecule has 1 aromatic heterocycles. The van der Waals surface area contributed by atoms with Crippen LogP contribution in [0.5, 0.6) is 5.75 Å². The maximum absolute atomic E-state index is 12.2. The summed E-state index contributed by atoms with van der Waals surface area (Å²) < 4.78 is 10.6. The SMILES string of the molecule is CCC(NC(=O)COc1ccc2ccc(=O)oc2c1)c1cccc(Cl)c1. The van der Waals surface area contributed by atoms with Crippen LogP contribution in [0.15, 0.2) is 63.8 Å². The predicted octanol–water partition coefficient (Wildman–Crippen LogP) is 4.09.